The molecule has 0 bridgehead atoms. The van der Waals surface area contributed by atoms with Crippen molar-refractivity contribution in [3.63, 3.8) is 0 Å². The highest BCUT2D eigenvalue weighted by atomic mass is 19.1. The van der Waals surface area contributed by atoms with E-state index in [4.69, 9.17) is 0 Å². The Bertz CT molecular complexity index is 622. The molecule has 1 N–H and O–H groups in total. The third-order valence-electron chi connectivity index (χ3n) is 5.04. The van der Waals surface area contributed by atoms with Gasteiger partial charge < -0.3 is 10.2 Å². The predicted octanol–water partition coefficient (Wildman–Crippen LogP) is 3.76. The van der Waals surface area contributed by atoms with E-state index in [9.17, 15) is 18.4 Å². The number of nitrogens with zero attached hydrogens (tertiary/aromatic N) is 1. The number of halogens is 2. The van der Waals surface area contributed by atoms with E-state index in [2.05, 4.69) is 5.32 Å². The maximum atomic E-state index is 13.8. The van der Waals surface area contributed by atoms with Crippen molar-refractivity contribution in [1.82, 2.24) is 10.2 Å². The minimum absolute atomic E-state index is 0.199. The van der Waals surface area contributed by atoms with Crippen LogP contribution in [0.2, 0.25) is 0 Å². The normalized spacial score (nSPS) is 16.4. The lowest BCUT2D eigenvalue weighted by Crippen LogP contribution is -2.51. The number of nitrogens with one attached hydrogen (secondary N) is 1. The van der Waals surface area contributed by atoms with Gasteiger partial charge in [-0.1, -0.05) is 39.2 Å². The molecule has 2 amide bonds. The monoisotopic (exact) mass is 366 g/mol. The first kappa shape index (κ1) is 20.3. The molecule has 1 aliphatic carbocycles. The van der Waals surface area contributed by atoms with Crippen LogP contribution in [0.4, 0.5) is 8.78 Å². The summed E-state index contributed by atoms with van der Waals surface area (Å²) in [7, 11) is 1.72. The highest BCUT2D eigenvalue weighted by Gasteiger charge is 2.30. The largest absolute Gasteiger partial charge is 0.344 e. The molecule has 0 heterocycles. The lowest BCUT2D eigenvalue weighted by atomic mass is 9.89. The Morgan fingerprint density at radius 2 is 1.73 bits per heavy atom. The van der Waals surface area contributed by atoms with Crippen LogP contribution in [0.25, 0.3) is 0 Å². The van der Waals surface area contributed by atoms with Crippen LogP contribution < -0.4 is 5.32 Å². The van der Waals surface area contributed by atoms with Crippen molar-refractivity contribution in [2.45, 2.75) is 52.0 Å². The molecule has 0 saturated heterocycles. The number of amides is 2. The van der Waals surface area contributed by atoms with E-state index in [1.807, 2.05) is 0 Å². The van der Waals surface area contributed by atoms with Gasteiger partial charge >= 0.3 is 0 Å². The first-order chi connectivity index (χ1) is 12.3. The standard InChI is InChI=1S/C20H28F2N2O2/c1-13(2)18(20(26)24(3)12-14-8-5-4-6-9-14)23-19(25)17-15(21)10-7-11-16(17)22/h7,10-11,13-14,18H,4-6,8-9,12H2,1-3H3,(H,23,25). The summed E-state index contributed by atoms with van der Waals surface area (Å²) < 4.78 is 27.6. The molecule has 26 heavy (non-hydrogen) atoms. The van der Waals surface area contributed by atoms with Crippen molar-refractivity contribution in [2.24, 2.45) is 11.8 Å². The number of benzene rings is 1. The van der Waals surface area contributed by atoms with Gasteiger partial charge in [-0.2, -0.15) is 0 Å². The van der Waals surface area contributed by atoms with Gasteiger partial charge in [-0.05, 0) is 36.8 Å². The number of carbonyl (C=O) groups is 2. The van der Waals surface area contributed by atoms with Crippen molar-refractivity contribution in [2.75, 3.05) is 13.6 Å². The molecule has 0 spiro atoms. The zero-order chi connectivity index (χ0) is 19.3. The first-order valence-electron chi connectivity index (χ1n) is 9.31. The third-order valence-corrected chi connectivity index (χ3v) is 5.04. The predicted molar refractivity (Wildman–Crippen MR) is 96.7 cm³/mol. The van der Waals surface area contributed by atoms with Crippen molar-refractivity contribution in [3.05, 3.63) is 35.4 Å². The zero-order valence-corrected chi connectivity index (χ0v) is 15.7. The molecule has 0 aliphatic heterocycles. The number of likely N-dealkylation sites (N-methyl/N-ethyl adjacent to an activating group) is 1. The smallest absolute Gasteiger partial charge is 0.257 e. The molecular formula is C20H28F2N2O2. The minimum Gasteiger partial charge on any atom is -0.344 e. The molecule has 1 aromatic carbocycles. The van der Waals surface area contributed by atoms with E-state index >= 15 is 0 Å². The summed E-state index contributed by atoms with van der Waals surface area (Å²) in [5, 5.41) is 2.52. The van der Waals surface area contributed by atoms with E-state index in [-0.39, 0.29) is 11.8 Å². The Hall–Kier alpha value is -1.98. The second kappa shape index (κ2) is 9.10. The number of hydrogen-bond donors (Lipinski definition) is 1. The van der Waals surface area contributed by atoms with Gasteiger partial charge in [0.05, 0.1) is 0 Å². The molecule has 144 valence electrons. The van der Waals surface area contributed by atoms with Crippen LogP contribution in [0, 0.1) is 23.5 Å². The molecule has 1 aliphatic rings. The average Bonchev–Trinajstić information content (AvgIpc) is 2.59. The van der Waals surface area contributed by atoms with Crippen LogP contribution in [0.5, 0.6) is 0 Å². The third kappa shape index (κ3) is 5.02. The van der Waals surface area contributed by atoms with Gasteiger partial charge in [-0.3, -0.25) is 9.59 Å². The van der Waals surface area contributed by atoms with Crippen LogP contribution in [0.1, 0.15) is 56.3 Å². The van der Waals surface area contributed by atoms with Gasteiger partial charge in [0.2, 0.25) is 5.91 Å². The fraction of sp³-hybridized carbons (Fsp3) is 0.600. The molecule has 4 nitrogen and oxygen atoms in total. The Labute approximate surface area is 153 Å². The molecule has 1 atom stereocenters. The summed E-state index contributed by atoms with van der Waals surface area (Å²) in [4.78, 5) is 26.8. The van der Waals surface area contributed by atoms with Crippen molar-refractivity contribution >= 4 is 11.8 Å². The second-order valence-electron chi connectivity index (χ2n) is 7.51. The van der Waals surface area contributed by atoms with Gasteiger partial charge in [-0.15, -0.1) is 0 Å². The zero-order valence-electron chi connectivity index (χ0n) is 15.7. The van der Waals surface area contributed by atoms with Gasteiger partial charge in [0.1, 0.15) is 23.2 Å². The van der Waals surface area contributed by atoms with E-state index in [0.29, 0.717) is 12.5 Å². The SMILES string of the molecule is CC(C)C(NC(=O)c1c(F)cccc1F)C(=O)N(C)CC1CCCCC1. The van der Waals surface area contributed by atoms with Crippen LogP contribution >= 0.6 is 0 Å². The van der Waals surface area contributed by atoms with E-state index in [1.165, 1.54) is 25.3 Å². The molecule has 0 aromatic heterocycles. The molecule has 1 fully saturated rings. The molecule has 1 aromatic rings. The summed E-state index contributed by atoms with van der Waals surface area (Å²) in [5.41, 5.74) is -0.652. The van der Waals surface area contributed by atoms with Crippen LogP contribution in [0.3, 0.4) is 0 Å². The Kier molecular flexibility index (Phi) is 7.12. The summed E-state index contributed by atoms with van der Waals surface area (Å²) >= 11 is 0. The lowest BCUT2D eigenvalue weighted by Gasteiger charge is -2.31. The Morgan fingerprint density at radius 3 is 2.27 bits per heavy atom. The summed E-state index contributed by atoms with van der Waals surface area (Å²) in [5.74, 6) is -2.73. The molecular weight excluding hydrogens is 338 g/mol. The molecule has 0 radical (unpaired) electrons. The van der Waals surface area contributed by atoms with Crippen molar-refractivity contribution in [3.8, 4) is 0 Å². The summed E-state index contributed by atoms with van der Waals surface area (Å²) in [6.45, 7) is 4.25. The van der Waals surface area contributed by atoms with E-state index < -0.39 is 29.1 Å². The quantitative estimate of drug-likeness (QED) is 0.833. The minimum atomic E-state index is -0.937. The Morgan fingerprint density at radius 1 is 1.15 bits per heavy atom. The summed E-state index contributed by atoms with van der Waals surface area (Å²) in [6, 6.07) is 2.43. The second-order valence-corrected chi connectivity index (χ2v) is 7.51. The van der Waals surface area contributed by atoms with Gasteiger partial charge in [0.25, 0.3) is 5.91 Å². The lowest BCUT2D eigenvalue weighted by molar-refractivity contribution is -0.133. The van der Waals surface area contributed by atoms with Crippen molar-refractivity contribution < 1.29 is 18.4 Å². The number of rotatable bonds is 6. The van der Waals surface area contributed by atoms with Crippen LogP contribution in [-0.4, -0.2) is 36.3 Å². The molecule has 6 heteroatoms. The fourth-order valence-corrected chi connectivity index (χ4v) is 3.53. The maximum absolute atomic E-state index is 13.8. The van der Waals surface area contributed by atoms with Crippen LogP contribution in [-0.2, 0) is 4.79 Å². The summed E-state index contributed by atoms with van der Waals surface area (Å²) in [6.07, 6.45) is 5.83. The maximum Gasteiger partial charge on any atom is 0.257 e. The van der Waals surface area contributed by atoms with Gasteiger partial charge in [0.15, 0.2) is 0 Å². The molecule has 1 saturated carbocycles. The highest BCUT2D eigenvalue weighted by Crippen LogP contribution is 2.24. The number of carbonyl (C=O) groups excluding carboxylic acids is 2. The topological polar surface area (TPSA) is 49.4 Å². The average molecular weight is 366 g/mol. The van der Waals surface area contributed by atoms with Gasteiger partial charge in [-0.25, -0.2) is 8.78 Å². The van der Waals surface area contributed by atoms with Crippen molar-refractivity contribution in [1.29, 1.82) is 0 Å². The van der Waals surface area contributed by atoms with E-state index in [1.54, 1.807) is 25.8 Å². The number of hydrogen-bond acceptors (Lipinski definition) is 2. The highest BCUT2D eigenvalue weighted by molar-refractivity contribution is 5.98. The molecule has 1 unspecified atom stereocenters. The van der Waals surface area contributed by atoms with Crippen LogP contribution in [0.15, 0.2) is 18.2 Å². The fourth-order valence-electron chi connectivity index (χ4n) is 3.53. The molecule has 2 rings (SSSR count). The Balaban J connectivity index is 2.07. The van der Waals surface area contributed by atoms with Gasteiger partial charge in [0, 0.05) is 13.6 Å². The first-order valence-corrected chi connectivity index (χ1v) is 9.31. The van der Waals surface area contributed by atoms with E-state index in [0.717, 1.165) is 25.0 Å².